The molecule has 0 radical (unpaired) electrons. The van der Waals surface area contributed by atoms with Gasteiger partial charge in [0.25, 0.3) is 0 Å². The molecule has 0 aromatic heterocycles. The molecule has 24 heavy (non-hydrogen) atoms. The Balaban J connectivity index is 0.00000288. The second-order valence-corrected chi connectivity index (χ2v) is 8.86. The molecule has 5 nitrogen and oxygen atoms in total. The molecule has 0 spiro atoms. The van der Waals surface area contributed by atoms with E-state index in [2.05, 4.69) is 10.6 Å². The van der Waals surface area contributed by atoms with Crippen LogP contribution >= 0.6 is 35.6 Å². The summed E-state index contributed by atoms with van der Waals surface area (Å²) in [7, 11) is -3.50. The number of rotatable bonds is 5. The molecule has 1 amide bonds. The van der Waals surface area contributed by atoms with Crippen LogP contribution in [0.5, 0.6) is 0 Å². The van der Waals surface area contributed by atoms with Crippen LogP contribution in [-0.2, 0) is 21.1 Å². The Morgan fingerprint density at radius 2 is 1.79 bits per heavy atom. The maximum Gasteiger partial charge on any atom is 0.241 e. The van der Waals surface area contributed by atoms with Gasteiger partial charge in [0.05, 0.1) is 0 Å². The minimum atomic E-state index is -3.50. The Labute approximate surface area is 158 Å². The molecular formula is C15H21Cl3N2O3S. The van der Waals surface area contributed by atoms with E-state index < -0.39 is 20.5 Å². The molecule has 1 aliphatic rings. The van der Waals surface area contributed by atoms with Crippen LogP contribution in [0, 0.1) is 0 Å². The monoisotopic (exact) mass is 414 g/mol. The van der Waals surface area contributed by atoms with Gasteiger partial charge in [-0.25, -0.2) is 8.42 Å². The fraction of sp³-hybridized carbons (Fsp3) is 0.533. The highest BCUT2D eigenvalue weighted by molar-refractivity contribution is 7.92. The zero-order valence-corrected chi connectivity index (χ0v) is 16.4. The van der Waals surface area contributed by atoms with Crippen LogP contribution in [-0.4, -0.2) is 45.0 Å². The first-order valence-corrected chi connectivity index (χ1v) is 10.0. The first kappa shape index (κ1) is 21.5. The summed E-state index contributed by atoms with van der Waals surface area (Å²) in [6.07, 6.45) is 2.14. The highest BCUT2D eigenvalue weighted by Crippen LogP contribution is 2.28. The zero-order chi connectivity index (χ0) is 17.1. The van der Waals surface area contributed by atoms with E-state index in [9.17, 15) is 13.2 Å². The Kier molecular flexibility index (Phi) is 7.81. The predicted octanol–water partition coefficient (Wildman–Crippen LogP) is 2.24. The van der Waals surface area contributed by atoms with Gasteiger partial charge < -0.3 is 10.6 Å². The van der Waals surface area contributed by atoms with Gasteiger partial charge in [-0.15, -0.1) is 12.4 Å². The van der Waals surface area contributed by atoms with Gasteiger partial charge in [0, 0.05) is 22.8 Å². The molecule has 0 aliphatic carbocycles. The van der Waals surface area contributed by atoms with Crippen molar-refractivity contribution >= 4 is 51.4 Å². The van der Waals surface area contributed by atoms with Crippen molar-refractivity contribution in [2.45, 2.75) is 24.0 Å². The highest BCUT2D eigenvalue weighted by atomic mass is 35.5. The molecule has 0 unspecified atom stereocenters. The number of sulfone groups is 1. The molecule has 2 rings (SSSR count). The third-order valence-electron chi connectivity index (χ3n) is 4.26. The summed E-state index contributed by atoms with van der Waals surface area (Å²) < 4.78 is 23.0. The van der Waals surface area contributed by atoms with E-state index in [0.717, 1.165) is 11.8 Å². The van der Waals surface area contributed by atoms with Crippen LogP contribution < -0.4 is 10.6 Å². The lowest BCUT2D eigenvalue weighted by Crippen LogP contribution is -2.57. The van der Waals surface area contributed by atoms with E-state index >= 15 is 0 Å². The van der Waals surface area contributed by atoms with Crippen LogP contribution in [0.1, 0.15) is 18.4 Å². The van der Waals surface area contributed by atoms with E-state index in [0.29, 0.717) is 29.6 Å². The maximum absolute atomic E-state index is 12.5. The van der Waals surface area contributed by atoms with E-state index in [1.807, 2.05) is 0 Å². The number of piperidine rings is 1. The second kappa shape index (κ2) is 8.72. The molecule has 1 fully saturated rings. The molecular weight excluding hydrogens is 395 g/mol. The lowest BCUT2D eigenvalue weighted by molar-refractivity contribution is -0.124. The predicted molar refractivity (Wildman–Crippen MR) is 100 cm³/mol. The minimum absolute atomic E-state index is 0. The van der Waals surface area contributed by atoms with Crippen molar-refractivity contribution in [3.05, 3.63) is 33.8 Å². The van der Waals surface area contributed by atoms with E-state index in [-0.39, 0.29) is 31.8 Å². The van der Waals surface area contributed by atoms with Gasteiger partial charge in [0.2, 0.25) is 5.91 Å². The Morgan fingerprint density at radius 1 is 1.25 bits per heavy atom. The van der Waals surface area contributed by atoms with Gasteiger partial charge in [-0.05, 0) is 50.0 Å². The fourth-order valence-corrected chi connectivity index (χ4v) is 4.77. The molecule has 1 aliphatic heterocycles. The van der Waals surface area contributed by atoms with Gasteiger partial charge in [0.15, 0.2) is 14.6 Å². The third kappa shape index (κ3) is 4.55. The molecule has 9 heteroatoms. The highest BCUT2D eigenvalue weighted by Gasteiger charge is 2.48. The summed E-state index contributed by atoms with van der Waals surface area (Å²) in [4.78, 5) is 12.5. The number of nitrogens with one attached hydrogen (secondary N) is 2. The topological polar surface area (TPSA) is 75.3 Å². The van der Waals surface area contributed by atoms with Gasteiger partial charge in [0.1, 0.15) is 0 Å². The van der Waals surface area contributed by atoms with Crippen LogP contribution in [0.15, 0.2) is 18.2 Å². The average Bonchev–Trinajstić information content (AvgIpc) is 2.49. The summed E-state index contributed by atoms with van der Waals surface area (Å²) in [5.41, 5.74) is 0.745. The van der Waals surface area contributed by atoms with Crippen molar-refractivity contribution in [1.82, 2.24) is 10.6 Å². The standard InChI is InChI=1S/C15H20Cl2N2O3S.ClH/c1-23(21,22)15(6-9-18-10-7-15)14(20)19-8-5-11-12(16)3-2-4-13(11)17;/h2-4,18H,5-10H2,1H3,(H,19,20);1H. The third-order valence-corrected chi connectivity index (χ3v) is 6.98. The number of carbonyl (C=O) groups is 1. The van der Waals surface area contributed by atoms with Gasteiger partial charge in [-0.2, -0.15) is 0 Å². The summed E-state index contributed by atoms with van der Waals surface area (Å²) in [6, 6.07) is 5.21. The van der Waals surface area contributed by atoms with Crippen LogP contribution in [0.4, 0.5) is 0 Å². The summed E-state index contributed by atoms with van der Waals surface area (Å²) in [5, 5.41) is 6.89. The van der Waals surface area contributed by atoms with Crippen molar-refractivity contribution in [3.8, 4) is 0 Å². The number of benzene rings is 1. The number of carbonyl (C=O) groups excluding carboxylic acids is 1. The number of hydrogen-bond acceptors (Lipinski definition) is 4. The zero-order valence-electron chi connectivity index (χ0n) is 13.3. The fourth-order valence-electron chi connectivity index (χ4n) is 2.83. The van der Waals surface area contributed by atoms with Crippen LogP contribution in [0.2, 0.25) is 10.0 Å². The summed E-state index contributed by atoms with van der Waals surface area (Å²) in [6.45, 7) is 1.31. The molecule has 0 bridgehead atoms. The molecule has 1 aromatic rings. The Hall–Kier alpha value is -0.530. The largest absolute Gasteiger partial charge is 0.354 e. The van der Waals surface area contributed by atoms with Gasteiger partial charge in [-0.1, -0.05) is 29.3 Å². The minimum Gasteiger partial charge on any atom is -0.354 e. The number of halogens is 3. The number of hydrogen-bond donors (Lipinski definition) is 2. The van der Waals surface area contributed by atoms with E-state index in [1.165, 1.54) is 0 Å². The van der Waals surface area contributed by atoms with Crippen molar-refractivity contribution in [2.24, 2.45) is 0 Å². The maximum atomic E-state index is 12.5. The molecule has 136 valence electrons. The molecule has 1 aromatic carbocycles. The van der Waals surface area contributed by atoms with Crippen LogP contribution in [0.3, 0.4) is 0 Å². The smallest absolute Gasteiger partial charge is 0.241 e. The molecule has 2 N–H and O–H groups in total. The Morgan fingerprint density at radius 3 is 2.29 bits per heavy atom. The van der Waals surface area contributed by atoms with Crippen molar-refractivity contribution in [3.63, 3.8) is 0 Å². The molecule has 1 saturated heterocycles. The Bertz CT molecular complexity index is 669. The molecule has 0 atom stereocenters. The van der Waals surface area contributed by atoms with Crippen molar-refractivity contribution in [1.29, 1.82) is 0 Å². The van der Waals surface area contributed by atoms with Crippen LogP contribution in [0.25, 0.3) is 0 Å². The molecule has 1 heterocycles. The lowest BCUT2D eigenvalue weighted by atomic mass is 9.95. The van der Waals surface area contributed by atoms with E-state index in [4.69, 9.17) is 23.2 Å². The first-order valence-electron chi connectivity index (χ1n) is 7.39. The quantitative estimate of drug-likeness (QED) is 0.773. The van der Waals surface area contributed by atoms with Gasteiger partial charge in [-0.3, -0.25) is 4.79 Å². The summed E-state index contributed by atoms with van der Waals surface area (Å²) >= 11 is 12.2. The second-order valence-electron chi connectivity index (χ2n) is 5.72. The van der Waals surface area contributed by atoms with E-state index in [1.54, 1.807) is 18.2 Å². The molecule has 0 saturated carbocycles. The van der Waals surface area contributed by atoms with Crippen molar-refractivity contribution < 1.29 is 13.2 Å². The summed E-state index contributed by atoms with van der Waals surface area (Å²) in [5.74, 6) is -0.440. The van der Waals surface area contributed by atoms with Crippen molar-refractivity contribution in [2.75, 3.05) is 25.9 Å². The normalized spacial score (nSPS) is 17.0. The van der Waals surface area contributed by atoms with Gasteiger partial charge >= 0.3 is 0 Å². The number of amides is 1. The average molecular weight is 416 g/mol. The lowest BCUT2D eigenvalue weighted by Gasteiger charge is -2.34. The SMILES string of the molecule is CS(=O)(=O)C1(C(=O)NCCc2c(Cl)cccc2Cl)CCNCC1.Cl. The first-order chi connectivity index (χ1) is 10.8.